The Morgan fingerprint density at radius 1 is 0.281 bits per heavy atom. The van der Waals surface area contributed by atoms with Crippen LogP contribution in [0.15, 0.2) is 237 Å². The largest absolute Gasteiger partial charge is 0.449 e. The van der Waals surface area contributed by atoms with Gasteiger partial charge in [-0.3, -0.25) is 0 Å². The van der Waals surface area contributed by atoms with E-state index in [9.17, 15) is 0 Å². The fourth-order valence-electron chi connectivity index (χ4n) is 10.7. The van der Waals surface area contributed by atoms with Crippen LogP contribution in [0.5, 0.6) is 23.0 Å². The lowest BCUT2D eigenvalue weighted by Crippen LogP contribution is -2.25. The average Bonchev–Trinajstić information content (AvgIpc) is 3.85. The second kappa shape index (κ2) is 14.3. The van der Waals surface area contributed by atoms with Crippen LogP contribution >= 0.6 is 0 Å². The Morgan fingerprint density at radius 3 is 1.38 bits per heavy atom. The molecule has 0 atom stereocenters. The number of nitrogens with zero attached hydrogens (tertiary/aromatic N) is 1. The van der Waals surface area contributed by atoms with Gasteiger partial charge in [0.05, 0.1) is 16.8 Å². The van der Waals surface area contributed by atoms with Crippen molar-refractivity contribution in [3.05, 3.63) is 259 Å². The SMILES string of the molecule is c1ccc(-c2ccccc2-c2ccc(N(c3ccccc3-c3ccccc3)c3cccc4c3Oc3ccc5c(c3O4)-c3ccccc3C53c4ccccc4-c4ccccc43)cc2)cc1. The van der Waals surface area contributed by atoms with Gasteiger partial charge in [-0.1, -0.05) is 200 Å². The molecule has 0 N–H and O–H groups in total. The van der Waals surface area contributed by atoms with Gasteiger partial charge in [0, 0.05) is 16.8 Å². The number of hydrogen-bond acceptors (Lipinski definition) is 3. The van der Waals surface area contributed by atoms with E-state index in [2.05, 4.69) is 235 Å². The van der Waals surface area contributed by atoms with E-state index in [-0.39, 0.29) is 0 Å². The van der Waals surface area contributed by atoms with Crippen molar-refractivity contribution < 1.29 is 9.47 Å². The molecule has 0 bridgehead atoms. The van der Waals surface area contributed by atoms with E-state index in [4.69, 9.17) is 9.47 Å². The summed E-state index contributed by atoms with van der Waals surface area (Å²) in [5, 5.41) is 0. The molecule has 3 aliphatic rings. The van der Waals surface area contributed by atoms with Crippen molar-refractivity contribution in [3.8, 4) is 78.6 Å². The van der Waals surface area contributed by atoms with E-state index in [0.717, 1.165) is 50.6 Å². The summed E-state index contributed by atoms with van der Waals surface area (Å²) in [6.45, 7) is 0. The number of para-hydroxylation sites is 2. The molecule has 3 heteroatoms. The van der Waals surface area contributed by atoms with Crippen LogP contribution in [0, 0.1) is 0 Å². The topological polar surface area (TPSA) is 21.7 Å². The molecule has 3 nitrogen and oxygen atoms in total. The Morgan fingerprint density at radius 2 is 0.734 bits per heavy atom. The monoisotopic (exact) mass is 817 g/mol. The van der Waals surface area contributed by atoms with Gasteiger partial charge in [-0.15, -0.1) is 0 Å². The quantitative estimate of drug-likeness (QED) is 0.167. The second-order valence-electron chi connectivity index (χ2n) is 16.7. The smallest absolute Gasteiger partial charge is 0.194 e. The van der Waals surface area contributed by atoms with Crippen LogP contribution in [0.2, 0.25) is 0 Å². The number of hydrogen-bond donors (Lipinski definition) is 0. The zero-order valence-electron chi connectivity index (χ0n) is 34.8. The van der Waals surface area contributed by atoms with Crippen molar-refractivity contribution in [2.45, 2.75) is 5.41 Å². The van der Waals surface area contributed by atoms with Crippen molar-refractivity contribution in [1.29, 1.82) is 0 Å². The summed E-state index contributed by atoms with van der Waals surface area (Å²) in [5.74, 6) is 2.76. The van der Waals surface area contributed by atoms with E-state index in [1.807, 2.05) is 6.07 Å². The molecule has 1 heterocycles. The molecule has 2 aliphatic carbocycles. The highest BCUT2D eigenvalue weighted by Crippen LogP contribution is 2.67. The third-order valence-corrected chi connectivity index (χ3v) is 13.4. The first kappa shape index (κ1) is 36.3. The highest BCUT2D eigenvalue weighted by molar-refractivity contribution is 5.99. The van der Waals surface area contributed by atoms with Crippen molar-refractivity contribution in [3.63, 3.8) is 0 Å². The summed E-state index contributed by atoms with van der Waals surface area (Å²) in [6.07, 6.45) is 0. The second-order valence-corrected chi connectivity index (χ2v) is 16.7. The van der Waals surface area contributed by atoms with Gasteiger partial charge >= 0.3 is 0 Å². The first-order valence-electron chi connectivity index (χ1n) is 21.9. The third kappa shape index (κ3) is 5.28. The van der Waals surface area contributed by atoms with Crippen LogP contribution < -0.4 is 14.4 Å². The molecule has 1 spiro atoms. The number of fused-ring (bicyclic) bond motifs is 13. The van der Waals surface area contributed by atoms with Crippen molar-refractivity contribution >= 4 is 17.1 Å². The molecule has 10 aromatic rings. The maximum Gasteiger partial charge on any atom is 0.194 e. The standard InChI is InChI=1S/C61H39NO2/c1-3-18-40(19-4-1)44-22-7-8-23-45(44)42-34-36-43(37-35-42)62(54-31-16-12-24-46(54)41-20-5-2-6-21-41)55-32-17-33-56-59(55)63-57-39-38-53-58(60(57)64-56)49-27-11-15-30-52(49)61(53)50-28-13-9-25-47(50)48-26-10-14-29-51(48)61/h1-39H. The van der Waals surface area contributed by atoms with Gasteiger partial charge in [-0.25, -0.2) is 0 Å². The van der Waals surface area contributed by atoms with Crippen molar-refractivity contribution in [2.24, 2.45) is 0 Å². The Bertz CT molecular complexity index is 3400. The van der Waals surface area contributed by atoms with Crippen LogP contribution in [0.3, 0.4) is 0 Å². The minimum Gasteiger partial charge on any atom is -0.449 e. The molecule has 0 unspecified atom stereocenters. The van der Waals surface area contributed by atoms with Gasteiger partial charge in [-0.05, 0) is 103 Å². The molecule has 0 amide bonds. The molecule has 13 rings (SSSR count). The molecule has 0 saturated heterocycles. The van der Waals surface area contributed by atoms with Crippen LogP contribution in [0.4, 0.5) is 17.1 Å². The summed E-state index contributed by atoms with van der Waals surface area (Å²) in [6, 6.07) is 84.6. The number of anilines is 3. The number of rotatable bonds is 6. The van der Waals surface area contributed by atoms with Gasteiger partial charge in [0.1, 0.15) is 0 Å². The van der Waals surface area contributed by atoms with E-state index >= 15 is 0 Å². The van der Waals surface area contributed by atoms with Crippen molar-refractivity contribution in [2.75, 3.05) is 4.90 Å². The van der Waals surface area contributed by atoms with Gasteiger partial charge in [-0.2, -0.15) is 0 Å². The highest BCUT2D eigenvalue weighted by atomic mass is 16.6. The van der Waals surface area contributed by atoms with Crippen LogP contribution in [-0.4, -0.2) is 0 Å². The zero-order chi connectivity index (χ0) is 42.2. The predicted molar refractivity (Wildman–Crippen MR) is 260 cm³/mol. The average molecular weight is 818 g/mol. The molecule has 64 heavy (non-hydrogen) atoms. The lowest BCUT2D eigenvalue weighted by molar-refractivity contribution is 0.361. The summed E-state index contributed by atoms with van der Waals surface area (Å²) in [5.41, 5.74) is 19.2. The fourth-order valence-corrected chi connectivity index (χ4v) is 10.7. The maximum atomic E-state index is 7.21. The van der Waals surface area contributed by atoms with Crippen molar-refractivity contribution in [1.82, 2.24) is 0 Å². The minimum atomic E-state index is -0.481. The lowest BCUT2D eigenvalue weighted by atomic mass is 9.70. The van der Waals surface area contributed by atoms with E-state index in [0.29, 0.717) is 17.2 Å². The normalized spacial score (nSPS) is 13.1. The molecule has 300 valence electrons. The molecule has 0 saturated carbocycles. The van der Waals surface area contributed by atoms with Gasteiger partial charge in [0.15, 0.2) is 23.0 Å². The minimum absolute atomic E-state index is 0.481. The summed E-state index contributed by atoms with van der Waals surface area (Å²) in [7, 11) is 0. The molecule has 1 aliphatic heterocycles. The molecule has 0 fully saturated rings. The third-order valence-electron chi connectivity index (χ3n) is 13.4. The van der Waals surface area contributed by atoms with Crippen LogP contribution in [0.25, 0.3) is 55.6 Å². The Balaban J connectivity index is 0.970. The van der Waals surface area contributed by atoms with Gasteiger partial charge in [0.25, 0.3) is 0 Å². The molecule has 0 radical (unpaired) electrons. The Kier molecular flexibility index (Phi) is 8.13. The number of ether oxygens (including phenoxy) is 2. The van der Waals surface area contributed by atoms with E-state index in [1.54, 1.807) is 0 Å². The lowest BCUT2D eigenvalue weighted by Gasteiger charge is -2.33. The van der Waals surface area contributed by atoms with Crippen LogP contribution in [-0.2, 0) is 5.41 Å². The van der Waals surface area contributed by atoms with Gasteiger partial charge in [0.2, 0.25) is 0 Å². The first-order valence-corrected chi connectivity index (χ1v) is 21.9. The van der Waals surface area contributed by atoms with Crippen LogP contribution in [0.1, 0.15) is 22.3 Å². The molecule has 10 aromatic carbocycles. The van der Waals surface area contributed by atoms with E-state index in [1.165, 1.54) is 50.1 Å². The van der Waals surface area contributed by atoms with Gasteiger partial charge < -0.3 is 14.4 Å². The van der Waals surface area contributed by atoms with E-state index < -0.39 is 5.41 Å². The number of benzene rings is 10. The zero-order valence-corrected chi connectivity index (χ0v) is 34.8. The maximum absolute atomic E-state index is 7.21. The Labute approximate surface area is 372 Å². The molecule has 0 aromatic heterocycles. The predicted octanol–water partition coefficient (Wildman–Crippen LogP) is 16.4. The fraction of sp³-hybridized carbons (Fsp3) is 0.0164. The Hall–Kier alpha value is -8.40. The highest BCUT2D eigenvalue weighted by Gasteiger charge is 2.53. The summed E-state index contributed by atoms with van der Waals surface area (Å²) < 4.78 is 14.4. The summed E-state index contributed by atoms with van der Waals surface area (Å²) >= 11 is 0. The first-order chi connectivity index (χ1) is 31.8. The molecular weight excluding hydrogens is 779 g/mol. The summed E-state index contributed by atoms with van der Waals surface area (Å²) in [4.78, 5) is 2.31. The molecular formula is C61H39NO2.